The highest BCUT2D eigenvalue weighted by molar-refractivity contribution is 5.81. The van der Waals surface area contributed by atoms with Crippen LogP contribution in [0.4, 0.5) is 0 Å². The molecule has 4 nitrogen and oxygen atoms in total. The second kappa shape index (κ2) is 15.0. The first-order chi connectivity index (χ1) is 8.63. The summed E-state index contributed by atoms with van der Waals surface area (Å²) >= 11 is 0. The molecule has 0 aromatic rings. The van der Waals surface area contributed by atoms with E-state index >= 15 is 0 Å². The van der Waals surface area contributed by atoms with E-state index in [1.165, 1.54) is 6.42 Å². The summed E-state index contributed by atoms with van der Waals surface area (Å²) in [5.74, 6) is 1.88. The Labute approximate surface area is 119 Å². The van der Waals surface area contributed by atoms with Crippen LogP contribution in [0, 0.1) is 17.8 Å². The van der Waals surface area contributed by atoms with E-state index in [2.05, 4.69) is 25.9 Å². The number of ketones is 1. The average molecular weight is 274 g/mol. The zero-order chi connectivity index (χ0) is 16.0. The highest BCUT2D eigenvalue weighted by Crippen LogP contribution is 1.95. The first kappa shape index (κ1) is 23.1. The van der Waals surface area contributed by atoms with Gasteiger partial charge in [0.2, 0.25) is 0 Å². The Morgan fingerprint density at radius 3 is 1.42 bits per heavy atom. The highest BCUT2D eigenvalue weighted by Gasteiger charge is 2.00. The molecule has 19 heavy (non-hydrogen) atoms. The maximum Gasteiger partial charge on any atom is 0.141 e. The molecule has 0 radical (unpaired) electrons. The van der Waals surface area contributed by atoms with E-state index in [-0.39, 0.29) is 17.7 Å². The van der Waals surface area contributed by atoms with Crippen LogP contribution >= 0.6 is 0 Å². The highest BCUT2D eigenvalue weighted by atomic mass is 16.4. The lowest BCUT2D eigenvalue weighted by Crippen LogP contribution is -2.18. The summed E-state index contributed by atoms with van der Waals surface area (Å²) in [4.78, 5) is 10.5. The smallest absolute Gasteiger partial charge is 0.141 e. The number of Topliss-reactive ketones (excluding diaryl/α,β-unsaturated/α-hetero) is 1. The maximum atomic E-state index is 10.5. The second-order valence-corrected chi connectivity index (χ2v) is 5.46. The van der Waals surface area contributed by atoms with Gasteiger partial charge in [0.15, 0.2) is 0 Å². The average Bonchev–Trinajstić information content (AvgIpc) is 2.37. The molecule has 0 aliphatic rings. The molecular formula is C15H34N2O2. The molecule has 0 heterocycles. The third-order valence-corrected chi connectivity index (χ3v) is 2.52. The van der Waals surface area contributed by atoms with Crippen molar-refractivity contribution in [1.29, 1.82) is 0 Å². The predicted octanol–water partition coefficient (Wildman–Crippen LogP) is 4.06. The second-order valence-electron chi connectivity index (χ2n) is 5.46. The number of rotatable bonds is 4. The molecular weight excluding hydrogens is 240 g/mol. The minimum atomic E-state index is 0.144. The molecule has 0 aromatic heterocycles. The van der Waals surface area contributed by atoms with Crippen molar-refractivity contribution in [3.63, 3.8) is 0 Å². The number of nitrogens with two attached hydrogens (primary N) is 1. The molecule has 0 aromatic carbocycles. The van der Waals surface area contributed by atoms with Crippen LogP contribution in [-0.2, 0) is 4.79 Å². The number of carbonyl (C=O) groups is 1. The fourth-order valence-electron chi connectivity index (χ4n) is 0.524. The van der Waals surface area contributed by atoms with Crippen molar-refractivity contribution >= 4 is 11.6 Å². The molecule has 0 saturated heterocycles. The molecule has 116 valence electrons. The Bertz CT molecular complexity index is 234. The van der Waals surface area contributed by atoms with Gasteiger partial charge in [-0.15, -0.1) is 0 Å². The van der Waals surface area contributed by atoms with Crippen molar-refractivity contribution in [1.82, 2.24) is 0 Å². The van der Waals surface area contributed by atoms with Gasteiger partial charge in [-0.3, -0.25) is 4.79 Å². The van der Waals surface area contributed by atoms with Crippen LogP contribution in [0.3, 0.4) is 0 Å². The normalized spacial score (nSPS) is 10.8. The number of hydrogen-bond acceptors (Lipinski definition) is 3. The summed E-state index contributed by atoms with van der Waals surface area (Å²) in [5.41, 5.74) is 5.12. The molecule has 0 rings (SSSR count). The van der Waals surface area contributed by atoms with Gasteiger partial charge in [0, 0.05) is 18.3 Å². The first-order valence-corrected chi connectivity index (χ1v) is 7.13. The van der Waals surface area contributed by atoms with Gasteiger partial charge in [0.05, 0.1) is 0 Å². The van der Waals surface area contributed by atoms with Crippen LogP contribution in [0.15, 0.2) is 5.16 Å². The number of oxime groups is 1. The Kier molecular flexibility index (Phi) is 18.2. The number of nitrogens with zero attached hydrogens (tertiary/aromatic N) is 1. The number of carbonyl (C=O) groups excluding carboxylic acids is 1. The van der Waals surface area contributed by atoms with Crippen molar-refractivity contribution in [2.75, 3.05) is 0 Å². The molecule has 0 saturated carbocycles. The van der Waals surface area contributed by atoms with Crippen LogP contribution in [0.1, 0.15) is 68.2 Å². The molecule has 0 unspecified atom stereocenters. The first-order valence-electron chi connectivity index (χ1n) is 7.13. The van der Waals surface area contributed by atoms with Gasteiger partial charge in [0.25, 0.3) is 0 Å². The largest absolute Gasteiger partial charge is 0.409 e. The van der Waals surface area contributed by atoms with Crippen molar-refractivity contribution in [2.24, 2.45) is 28.6 Å². The van der Waals surface area contributed by atoms with Crippen LogP contribution in [-0.4, -0.2) is 16.8 Å². The molecule has 0 amide bonds. The summed E-state index contributed by atoms with van der Waals surface area (Å²) in [6.45, 7) is 16.1. The number of hydrogen-bond donors (Lipinski definition) is 2. The van der Waals surface area contributed by atoms with Crippen molar-refractivity contribution in [2.45, 2.75) is 68.2 Å². The predicted molar refractivity (Wildman–Crippen MR) is 83.5 cm³/mol. The Hall–Kier alpha value is -1.06. The summed E-state index contributed by atoms with van der Waals surface area (Å²) in [6, 6.07) is 0. The zero-order valence-corrected chi connectivity index (χ0v) is 14.0. The maximum absolute atomic E-state index is 10.5. The lowest BCUT2D eigenvalue weighted by Gasteiger charge is -1.96. The van der Waals surface area contributed by atoms with Crippen molar-refractivity contribution < 1.29 is 10.0 Å². The minimum Gasteiger partial charge on any atom is -0.409 e. The Morgan fingerprint density at radius 2 is 1.42 bits per heavy atom. The van der Waals surface area contributed by atoms with E-state index in [0.29, 0.717) is 12.2 Å². The van der Waals surface area contributed by atoms with Gasteiger partial charge < -0.3 is 10.9 Å². The molecule has 0 aliphatic heterocycles. The third-order valence-electron chi connectivity index (χ3n) is 2.52. The van der Waals surface area contributed by atoms with Crippen molar-refractivity contribution in [3.8, 4) is 0 Å². The SMILES string of the molecule is CC(C)/C(N)=N\O.CCC(=O)C(C)C.CCC(C)C. The topological polar surface area (TPSA) is 75.7 Å². The van der Waals surface area contributed by atoms with Gasteiger partial charge in [0.1, 0.15) is 11.6 Å². The van der Waals surface area contributed by atoms with Crippen LogP contribution < -0.4 is 5.73 Å². The van der Waals surface area contributed by atoms with E-state index in [0.717, 1.165) is 5.92 Å². The minimum absolute atomic E-state index is 0.144. The Balaban J connectivity index is -0.000000206. The molecule has 0 bridgehead atoms. The third kappa shape index (κ3) is 22.6. The van der Waals surface area contributed by atoms with E-state index in [4.69, 9.17) is 10.9 Å². The van der Waals surface area contributed by atoms with Crippen molar-refractivity contribution in [3.05, 3.63) is 0 Å². The van der Waals surface area contributed by atoms with E-state index in [1.54, 1.807) is 0 Å². The van der Waals surface area contributed by atoms with E-state index in [9.17, 15) is 4.79 Å². The van der Waals surface area contributed by atoms with Crippen LogP contribution in [0.2, 0.25) is 0 Å². The fraction of sp³-hybridized carbons (Fsp3) is 0.867. The lowest BCUT2D eigenvalue weighted by molar-refractivity contribution is -0.121. The molecule has 0 aliphatic carbocycles. The van der Waals surface area contributed by atoms with Gasteiger partial charge in [-0.25, -0.2) is 0 Å². The lowest BCUT2D eigenvalue weighted by atomic mass is 10.1. The van der Waals surface area contributed by atoms with E-state index < -0.39 is 0 Å². The quantitative estimate of drug-likeness (QED) is 0.351. The molecule has 0 atom stereocenters. The Morgan fingerprint density at radius 1 is 1.05 bits per heavy atom. The van der Waals surface area contributed by atoms with Gasteiger partial charge in [-0.1, -0.05) is 67.0 Å². The standard InChI is InChI=1S/C6H12O.C5H12.C4H10N2O/c1-4-6(7)5(2)3;1-4-5(2)3;1-3(2)4(5)6-7/h5H,4H2,1-3H3;5H,4H2,1-3H3;3,7H,1-2H3,(H2,5,6). The molecule has 0 fully saturated rings. The van der Waals surface area contributed by atoms with Gasteiger partial charge in [-0.2, -0.15) is 0 Å². The molecule has 0 spiro atoms. The number of amidine groups is 1. The van der Waals surface area contributed by atoms with Gasteiger partial charge in [-0.05, 0) is 5.92 Å². The van der Waals surface area contributed by atoms with Gasteiger partial charge >= 0.3 is 0 Å². The monoisotopic (exact) mass is 274 g/mol. The summed E-state index contributed by atoms with van der Waals surface area (Å²) in [5, 5.41) is 10.8. The fourth-order valence-corrected chi connectivity index (χ4v) is 0.524. The van der Waals surface area contributed by atoms with E-state index in [1.807, 2.05) is 34.6 Å². The van der Waals surface area contributed by atoms with Crippen LogP contribution in [0.25, 0.3) is 0 Å². The van der Waals surface area contributed by atoms with Crippen LogP contribution in [0.5, 0.6) is 0 Å². The summed E-state index contributed by atoms with van der Waals surface area (Å²) in [6.07, 6.45) is 1.98. The summed E-state index contributed by atoms with van der Waals surface area (Å²) < 4.78 is 0. The zero-order valence-electron chi connectivity index (χ0n) is 14.0. The summed E-state index contributed by atoms with van der Waals surface area (Å²) in [7, 11) is 0. The molecule has 4 heteroatoms. The molecule has 3 N–H and O–H groups in total.